The maximum absolute atomic E-state index is 10.4. The van der Waals surface area contributed by atoms with Crippen molar-refractivity contribution in [3.05, 3.63) is 29.8 Å². The predicted octanol–water partition coefficient (Wildman–Crippen LogP) is 1.48. The van der Waals surface area contributed by atoms with Crippen molar-refractivity contribution >= 4 is 15.8 Å². The molecule has 0 spiro atoms. The van der Waals surface area contributed by atoms with Gasteiger partial charge in [0.25, 0.3) is 10.1 Å². The summed E-state index contributed by atoms with van der Waals surface area (Å²) in [6, 6.07) is 7.47. The zero-order chi connectivity index (χ0) is 11.3. The molecule has 0 aromatic heterocycles. The van der Waals surface area contributed by atoms with Crippen LogP contribution in [0.25, 0.3) is 0 Å². The Morgan fingerprint density at radius 2 is 1.73 bits per heavy atom. The fraction of sp³-hybridized carbons (Fsp3) is 0.400. The zero-order valence-electron chi connectivity index (χ0n) is 8.39. The number of unbranched alkanes of at least 4 members (excludes halogenated alkanes) is 1. The average molecular weight is 229 g/mol. The van der Waals surface area contributed by atoms with E-state index in [4.69, 9.17) is 10.3 Å². The molecule has 0 unspecified atom stereocenters. The summed E-state index contributed by atoms with van der Waals surface area (Å²) in [5.74, 6) is -0.165. The minimum absolute atomic E-state index is 0.165. The van der Waals surface area contributed by atoms with Gasteiger partial charge < -0.3 is 5.73 Å². The predicted molar refractivity (Wildman–Crippen MR) is 60.2 cm³/mol. The van der Waals surface area contributed by atoms with E-state index < -0.39 is 10.1 Å². The second-order valence-corrected chi connectivity index (χ2v) is 5.06. The van der Waals surface area contributed by atoms with Crippen LogP contribution in [0.4, 0.5) is 5.69 Å². The summed E-state index contributed by atoms with van der Waals surface area (Å²) in [5.41, 5.74) is 7.37. The summed E-state index contributed by atoms with van der Waals surface area (Å²) >= 11 is 0. The van der Waals surface area contributed by atoms with E-state index in [9.17, 15) is 8.42 Å². The van der Waals surface area contributed by atoms with Crippen molar-refractivity contribution in [2.45, 2.75) is 19.3 Å². The standard InChI is InChI=1S/C10H15NO3S/c11-10-6-4-9(5-7-10)3-1-2-8-15(12,13)14/h4-7H,1-3,8,11H2,(H,12,13,14). The molecule has 0 saturated carbocycles. The maximum atomic E-state index is 10.4. The van der Waals surface area contributed by atoms with E-state index in [2.05, 4.69) is 0 Å². The first kappa shape index (κ1) is 12.0. The van der Waals surface area contributed by atoms with Crippen LogP contribution in [0.5, 0.6) is 0 Å². The molecule has 15 heavy (non-hydrogen) atoms. The van der Waals surface area contributed by atoms with Crippen molar-refractivity contribution < 1.29 is 13.0 Å². The lowest BCUT2D eigenvalue weighted by molar-refractivity contribution is 0.480. The molecule has 1 rings (SSSR count). The Kier molecular flexibility index (Phi) is 4.11. The molecule has 3 N–H and O–H groups in total. The largest absolute Gasteiger partial charge is 0.399 e. The molecule has 1 aromatic rings. The van der Waals surface area contributed by atoms with Gasteiger partial charge in [-0.05, 0) is 37.0 Å². The first-order valence-corrected chi connectivity index (χ1v) is 6.38. The molecule has 5 heteroatoms. The third kappa shape index (κ3) is 5.39. The average Bonchev–Trinajstić information content (AvgIpc) is 2.14. The van der Waals surface area contributed by atoms with Crippen molar-refractivity contribution in [1.82, 2.24) is 0 Å². The first-order chi connectivity index (χ1) is 6.97. The number of anilines is 1. The van der Waals surface area contributed by atoms with Gasteiger partial charge in [0.2, 0.25) is 0 Å². The third-order valence-corrected chi connectivity index (χ3v) is 2.90. The Hall–Kier alpha value is -1.07. The van der Waals surface area contributed by atoms with Gasteiger partial charge in [-0.25, -0.2) is 0 Å². The fourth-order valence-electron chi connectivity index (χ4n) is 1.30. The van der Waals surface area contributed by atoms with Gasteiger partial charge in [0, 0.05) is 5.69 Å². The summed E-state index contributed by atoms with van der Waals surface area (Å²) in [6.45, 7) is 0. The van der Waals surface area contributed by atoms with Gasteiger partial charge in [-0.3, -0.25) is 4.55 Å². The number of rotatable bonds is 5. The number of benzene rings is 1. The second-order valence-electron chi connectivity index (χ2n) is 3.48. The molecule has 0 atom stereocenters. The minimum Gasteiger partial charge on any atom is -0.399 e. The maximum Gasteiger partial charge on any atom is 0.264 e. The Morgan fingerprint density at radius 3 is 2.27 bits per heavy atom. The summed E-state index contributed by atoms with van der Waals surface area (Å²) in [7, 11) is -3.81. The van der Waals surface area contributed by atoms with Crippen molar-refractivity contribution in [2.75, 3.05) is 11.5 Å². The molecule has 0 saturated heterocycles. The molecule has 0 radical (unpaired) electrons. The molecule has 1 aromatic carbocycles. The van der Waals surface area contributed by atoms with Gasteiger partial charge in [-0.2, -0.15) is 8.42 Å². The Morgan fingerprint density at radius 1 is 1.13 bits per heavy atom. The third-order valence-electron chi connectivity index (χ3n) is 2.10. The van der Waals surface area contributed by atoms with Crippen LogP contribution in [0.15, 0.2) is 24.3 Å². The highest BCUT2D eigenvalue weighted by Gasteiger charge is 2.03. The lowest BCUT2D eigenvalue weighted by Crippen LogP contribution is -2.03. The molecule has 84 valence electrons. The van der Waals surface area contributed by atoms with Crippen LogP contribution in [0, 0.1) is 0 Å². The second kappa shape index (κ2) is 5.14. The molecule has 0 amide bonds. The van der Waals surface area contributed by atoms with Crippen molar-refractivity contribution in [2.24, 2.45) is 0 Å². The Bertz CT molecular complexity index is 397. The first-order valence-electron chi connectivity index (χ1n) is 4.77. The van der Waals surface area contributed by atoms with Crippen molar-refractivity contribution in [3.63, 3.8) is 0 Å². The molecule has 0 aliphatic carbocycles. The van der Waals surface area contributed by atoms with Crippen LogP contribution in [-0.4, -0.2) is 18.7 Å². The highest BCUT2D eigenvalue weighted by atomic mass is 32.2. The summed E-state index contributed by atoms with van der Waals surface area (Å²) in [5, 5.41) is 0. The summed E-state index contributed by atoms with van der Waals surface area (Å²) < 4.78 is 29.4. The molecule has 0 aliphatic rings. The van der Waals surface area contributed by atoms with Crippen LogP contribution in [-0.2, 0) is 16.5 Å². The van der Waals surface area contributed by atoms with E-state index in [0.29, 0.717) is 6.42 Å². The van der Waals surface area contributed by atoms with Crippen LogP contribution >= 0.6 is 0 Å². The smallest absolute Gasteiger partial charge is 0.264 e. The topological polar surface area (TPSA) is 80.4 Å². The quantitative estimate of drug-likeness (QED) is 0.455. The Balaban J connectivity index is 2.29. The van der Waals surface area contributed by atoms with Gasteiger partial charge >= 0.3 is 0 Å². The van der Waals surface area contributed by atoms with Gasteiger partial charge in [0.05, 0.1) is 5.75 Å². The molecule has 0 fully saturated rings. The molecular weight excluding hydrogens is 214 g/mol. The van der Waals surface area contributed by atoms with E-state index >= 15 is 0 Å². The lowest BCUT2D eigenvalue weighted by Gasteiger charge is -2.01. The highest BCUT2D eigenvalue weighted by molar-refractivity contribution is 7.85. The van der Waals surface area contributed by atoms with Crippen molar-refractivity contribution in [1.29, 1.82) is 0 Å². The van der Waals surface area contributed by atoms with Crippen molar-refractivity contribution in [3.8, 4) is 0 Å². The van der Waals surface area contributed by atoms with Crippen LogP contribution in [0.3, 0.4) is 0 Å². The molecule has 4 nitrogen and oxygen atoms in total. The van der Waals surface area contributed by atoms with E-state index in [1.807, 2.05) is 24.3 Å². The summed E-state index contributed by atoms with van der Waals surface area (Å²) in [4.78, 5) is 0. The number of aryl methyl sites for hydroxylation is 1. The minimum atomic E-state index is -3.81. The SMILES string of the molecule is Nc1ccc(CCCCS(=O)(=O)O)cc1. The van der Waals surface area contributed by atoms with E-state index in [1.165, 1.54) is 0 Å². The van der Waals surface area contributed by atoms with E-state index in [0.717, 1.165) is 24.1 Å². The fourth-order valence-corrected chi connectivity index (χ4v) is 1.87. The number of nitrogens with two attached hydrogens (primary N) is 1. The van der Waals surface area contributed by atoms with Crippen LogP contribution < -0.4 is 5.73 Å². The molecule has 0 bridgehead atoms. The van der Waals surface area contributed by atoms with Gasteiger partial charge in [-0.15, -0.1) is 0 Å². The van der Waals surface area contributed by atoms with Gasteiger partial charge in [0.1, 0.15) is 0 Å². The van der Waals surface area contributed by atoms with Crippen LogP contribution in [0.2, 0.25) is 0 Å². The molecule has 0 aliphatic heterocycles. The lowest BCUT2D eigenvalue weighted by atomic mass is 10.1. The monoisotopic (exact) mass is 229 g/mol. The Labute approximate surface area is 89.9 Å². The number of hydrogen-bond acceptors (Lipinski definition) is 3. The molecular formula is C10H15NO3S. The van der Waals surface area contributed by atoms with E-state index in [-0.39, 0.29) is 5.75 Å². The normalized spacial score (nSPS) is 11.5. The van der Waals surface area contributed by atoms with Gasteiger partial charge in [0.15, 0.2) is 0 Å². The molecule has 0 heterocycles. The highest BCUT2D eigenvalue weighted by Crippen LogP contribution is 2.09. The van der Waals surface area contributed by atoms with E-state index in [1.54, 1.807) is 0 Å². The van der Waals surface area contributed by atoms with Gasteiger partial charge in [-0.1, -0.05) is 12.1 Å². The number of nitrogen functional groups attached to an aromatic ring is 1. The number of hydrogen-bond donors (Lipinski definition) is 2. The summed E-state index contributed by atoms with van der Waals surface area (Å²) in [6.07, 6.45) is 2.02. The zero-order valence-corrected chi connectivity index (χ0v) is 9.20. The van der Waals surface area contributed by atoms with Crippen LogP contribution in [0.1, 0.15) is 18.4 Å².